The van der Waals surface area contributed by atoms with Crippen molar-refractivity contribution >= 4 is 35.9 Å². The van der Waals surface area contributed by atoms with Crippen LogP contribution < -0.4 is 10.6 Å². The van der Waals surface area contributed by atoms with E-state index in [0.29, 0.717) is 19.1 Å². The van der Waals surface area contributed by atoms with Gasteiger partial charge in [-0.15, -0.1) is 24.0 Å². The quantitative estimate of drug-likeness (QED) is 0.252. The van der Waals surface area contributed by atoms with Crippen molar-refractivity contribution in [3.63, 3.8) is 0 Å². The summed E-state index contributed by atoms with van der Waals surface area (Å²) in [7, 11) is 1.73. The number of hydrogen-bond donors (Lipinski definition) is 2. The largest absolute Gasteiger partial charge is 0.433 e. The molecule has 0 spiro atoms. The molecule has 2 rings (SSSR count). The van der Waals surface area contributed by atoms with Gasteiger partial charge in [-0.2, -0.15) is 13.2 Å². The molecule has 1 unspecified atom stereocenters. The molecule has 2 N–H and O–H groups in total. The summed E-state index contributed by atoms with van der Waals surface area (Å²) in [5, 5.41) is 6.05. The average molecular weight is 515 g/mol. The van der Waals surface area contributed by atoms with Crippen molar-refractivity contribution in [2.24, 2.45) is 4.99 Å². The fourth-order valence-electron chi connectivity index (χ4n) is 3.25. The van der Waals surface area contributed by atoms with Gasteiger partial charge in [-0.25, -0.2) is 9.97 Å². The minimum atomic E-state index is -4.48. The summed E-state index contributed by atoms with van der Waals surface area (Å²) in [6.07, 6.45) is -2.28. The van der Waals surface area contributed by atoms with Gasteiger partial charge in [0.25, 0.3) is 0 Å². The molecule has 1 aromatic heterocycles. The van der Waals surface area contributed by atoms with Crippen LogP contribution in [0.5, 0.6) is 0 Å². The molecule has 1 saturated heterocycles. The van der Waals surface area contributed by atoms with Gasteiger partial charge in [0.05, 0.1) is 0 Å². The third kappa shape index (κ3) is 6.90. The first-order valence-electron chi connectivity index (χ1n) is 9.22. The number of halogens is 4. The highest BCUT2D eigenvalue weighted by molar-refractivity contribution is 14.0. The maximum absolute atomic E-state index is 12.7. The third-order valence-corrected chi connectivity index (χ3v) is 4.64. The van der Waals surface area contributed by atoms with Gasteiger partial charge in [-0.3, -0.25) is 9.89 Å². The van der Waals surface area contributed by atoms with Crippen molar-refractivity contribution in [3.8, 4) is 0 Å². The number of likely N-dealkylation sites (N-methyl/N-ethyl adjacent to an activating group) is 1. The van der Waals surface area contributed by atoms with Gasteiger partial charge in [-0.05, 0) is 25.6 Å². The van der Waals surface area contributed by atoms with E-state index >= 15 is 0 Å². The van der Waals surface area contributed by atoms with Crippen LogP contribution in [0.2, 0.25) is 0 Å². The lowest BCUT2D eigenvalue weighted by Crippen LogP contribution is -2.44. The molecule has 1 aliphatic heterocycles. The molecule has 0 amide bonds. The summed E-state index contributed by atoms with van der Waals surface area (Å²) in [6, 6.07) is 1.38. The Labute approximate surface area is 181 Å². The molecule has 11 heteroatoms. The minimum Gasteiger partial charge on any atom is -0.354 e. The molecule has 0 saturated carbocycles. The molecule has 160 valence electrons. The highest BCUT2D eigenvalue weighted by Gasteiger charge is 2.32. The predicted octanol–water partition coefficient (Wildman–Crippen LogP) is 2.52. The smallest absolute Gasteiger partial charge is 0.354 e. The normalized spacial score (nSPS) is 17.6. The van der Waals surface area contributed by atoms with Gasteiger partial charge >= 0.3 is 6.18 Å². The molecule has 7 nitrogen and oxygen atoms in total. The number of rotatable bonds is 7. The van der Waals surface area contributed by atoms with Crippen molar-refractivity contribution < 1.29 is 13.2 Å². The topological polar surface area (TPSA) is 68.7 Å². The van der Waals surface area contributed by atoms with E-state index in [1.807, 2.05) is 0 Å². The molecule has 1 aromatic rings. The summed E-state index contributed by atoms with van der Waals surface area (Å²) < 4.78 is 38.0. The lowest BCUT2D eigenvalue weighted by molar-refractivity contribution is -0.141. The Morgan fingerprint density at radius 3 is 2.64 bits per heavy atom. The Hall–Kier alpha value is -1.37. The van der Waals surface area contributed by atoms with E-state index in [1.54, 1.807) is 7.05 Å². The number of guanidine groups is 1. The first-order valence-corrected chi connectivity index (χ1v) is 9.22. The Bertz CT molecular complexity index is 623. The van der Waals surface area contributed by atoms with Crippen molar-refractivity contribution in [1.82, 2.24) is 25.1 Å². The van der Waals surface area contributed by atoms with Gasteiger partial charge in [0, 0.05) is 45.5 Å². The first kappa shape index (κ1) is 24.7. The van der Waals surface area contributed by atoms with Crippen LogP contribution in [0.1, 0.15) is 26.0 Å². The monoisotopic (exact) mass is 515 g/mol. The summed E-state index contributed by atoms with van der Waals surface area (Å²) in [6.45, 7) is 9.13. The number of hydrogen-bond acceptors (Lipinski definition) is 5. The third-order valence-electron chi connectivity index (χ3n) is 4.64. The van der Waals surface area contributed by atoms with E-state index < -0.39 is 11.9 Å². The molecule has 1 fully saturated rings. The van der Waals surface area contributed by atoms with Crippen molar-refractivity contribution in [2.75, 3.05) is 51.6 Å². The molecule has 2 heterocycles. The van der Waals surface area contributed by atoms with E-state index in [0.717, 1.165) is 50.8 Å². The Morgan fingerprint density at radius 1 is 1.32 bits per heavy atom. The lowest BCUT2D eigenvalue weighted by Gasteiger charge is -2.27. The predicted molar refractivity (Wildman–Crippen MR) is 115 cm³/mol. The second kappa shape index (κ2) is 11.6. The number of alkyl halides is 3. The van der Waals surface area contributed by atoms with Gasteiger partial charge in [-0.1, -0.05) is 13.8 Å². The number of nitrogens with one attached hydrogen (secondary N) is 2. The van der Waals surface area contributed by atoms with Crippen LogP contribution in [0.15, 0.2) is 17.3 Å². The van der Waals surface area contributed by atoms with Gasteiger partial charge in [0.15, 0.2) is 5.96 Å². The van der Waals surface area contributed by atoms with E-state index in [1.165, 1.54) is 0 Å². The van der Waals surface area contributed by atoms with Crippen LogP contribution in [0.3, 0.4) is 0 Å². The number of aromatic nitrogens is 2. The maximum Gasteiger partial charge on any atom is 0.433 e. The van der Waals surface area contributed by atoms with E-state index in [9.17, 15) is 13.2 Å². The molecular weight excluding hydrogens is 486 g/mol. The Balaban J connectivity index is 0.00000392. The van der Waals surface area contributed by atoms with Gasteiger partial charge in [0.1, 0.15) is 5.69 Å². The molecule has 1 atom stereocenters. The molecule has 0 aromatic carbocycles. The van der Waals surface area contributed by atoms with Gasteiger partial charge in [0.2, 0.25) is 5.95 Å². The zero-order valence-electron chi connectivity index (χ0n) is 16.5. The molecule has 1 aliphatic rings. The number of aliphatic imine (C=N–C) groups is 1. The zero-order chi connectivity index (χ0) is 19.9. The number of likely N-dealkylation sites (tertiary alicyclic amines) is 1. The van der Waals surface area contributed by atoms with Crippen LogP contribution >= 0.6 is 24.0 Å². The highest BCUT2D eigenvalue weighted by Crippen LogP contribution is 2.27. The fourth-order valence-corrected chi connectivity index (χ4v) is 3.25. The minimum absolute atomic E-state index is 0. The maximum atomic E-state index is 12.7. The van der Waals surface area contributed by atoms with Gasteiger partial charge < -0.3 is 15.5 Å². The molecular formula is C17H29F3IN7. The molecule has 28 heavy (non-hydrogen) atoms. The van der Waals surface area contributed by atoms with Crippen molar-refractivity contribution in [1.29, 1.82) is 0 Å². The highest BCUT2D eigenvalue weighted by atomic mass is 127. The average Bonchev–Trinajstić information content (AvgIpc) is 3.12. The second-order valence-corrected chi connectivity index (χ2v) is 6.27. The van der Waals surface area contributed by atoms with E-state index in [2.05, 4.69) is 49.2 Å². The first-order chi connectivity index (χ1) is 12.9. The Morgan fingerprint density at radius 2 is 2.04 bits per heavy atom. The Kier molecular flexibility index (Phi) is 10.2. The summed E-state index contributed by atoms with van der Waals surface area (Å²) in [4.78, 5) is 16.3. The number of anilines is 1. The zero-order valence-corrected chi connectivity index (χ0v) is 18.8. The standard InChI is InChI=1S/C17H28F3N7.HI/c1-4-26(5-2)13-7-11-27(12-13)16(21-3)24-10-9-23-15-22-8-6-14(25-15)17(18,19)20;/h6,8,13H,4-5,7,9-12H2,1-3H3,(H,21,24)(H,22,23,25);1H. The van der Waals surface area contributed by atoms with Crippen LogP contribution in [0.25, 0.3) is 0 Å². The van der Waals surface area contributed by atoms with Crippen LogP contribution in [0, 0.1) is 0 Å². The van der Waals surface area contributed by atoms with Crippen LogP contribution in [-0.2, 0) is 6.18 Å². The second-order valence-electron chi connectivity index (χ2n) is 6.27. The molecule has 0 aliphatic carbocycles. The summed E-state index contributed by atoms with van der Waals surface area (Å²) in [5.74, 6) is 0.765. The SMILES string of the molecule is CCN(CC)C1CCN(C(=NC)NCCNc2nccc(C(F)(F)F)n2)C1.I. The molecule has 0 radical (unpaired) electrons. The fraction of sp³-hybridized carbons (Fsp3) is 0.706. The van der Waals surface area contributed by atoms with E-state index in [-0.39, 0.29) is 29.9 Å². The molecule has 0 bridgehead atoms. The van der Waals surface area contributed by atoms with Crippen LogP contribution in [0.4, 0.5) is 19.1 Å². The summed E-state index contributed by atoms with van der Waals surface area (Å²) in [5.41, 5.74) is -0.955. The van der Waals surface area contributed by atoms with Crippen LogP contribution in [-0.4, -0.2) is 78.1 Å². The van der Waals surface area contributed by atoms with Crippen molar-refractivity contribution in [2.45, 2.75) is 32.5 Å². The summed E-state index contributed by atoms with van der Waals surface area (Å²) >= 11 is 0. The lowest BCUT2D eigenvalue weighted by atomic mass is 10.2. The number of nitrogens with zero attached hydrogens (tertiary/aromatic N) is 5. The van der Waals surface area contributed by atoms with E-state index in [4.69, 9.17) is 0 Å². The van der Waals surface area contributed by atoms with Crippen molar-refractivity contribution in [3.05, 3.63) is 18.0 Å².